The number of rotatable bonds is 6. The summed E-state index contributed by atoms with van der Waals surface area (Å²) >= 11 is 0. The van der Waals surface area contributed by atoms with E-state index >= 15 is 0 Å². The van der Waals surface area contributed by atoms with E-state index in [4.69, 9.17) is 5.73 Å². The summed E-state index contributed by atoms with van der Waals surface area (Å²) in [6.07, 6.45) is 1.08. The number of hydrogen-bond acceptors (Lipinski definition) is 3. The molecular weight excluding hydrogens is 286 g/mol. The van der Waals surface area contributed by atoms with Gasteiger partial charge in [0, 0.05) is 24.8 Å². The van der Waals surface area contributed by atoms with Crippen LogP contribution in [-0.4, -0.2) is 25.0 Å². The lowest BCUT2D eigenvalue weighted by molar-refractivity contribution is -0.120. The van der Waals surface area contributed by atoms with E-state index in [1.54, 1.807) is 0 Å². The smallest absolute Gasteiger partial charge is 0.239 e. The molecule has 2 unspecified atom stereocenters. The van der Waals surface area contributed by atoms with Gasteiger partial charge in [-0.05, 0) is 30.5 Å². The highest BCUT2D eigenvalue weighted by atomic mass is 16.1. The van der Waals surface area contributed by atoms with Crippen molar-refractivity contribution >= 4 is 11.6 Å². The van der Waals surface area contributed by atoms with Crippen LogP contribution in [0.1, 0.15) is 24.1 Å². The Labute approximate surface area is 137 Å². The maximum absolute atomic E-state index is 11.8. The zero-order valence-electron chi connectivity index (χ0n) is 13.4. The minimum Gasteiger partial charge on any atom is -0.368 e. The van der Waals surface area contributed by atoms with E-state index in [1.807, 2.05) is 30.3 Å². The second-order valence-corrected chi connectivity index (χ2v) is 6.08. The number of fused-ring (bicyclic) bond motifs is 1. The first-order valence-corrected chi connectivity index (χ1v) is 8.09. The van der Waals surface area contributed by atoms with Crippen molar-refractivity contribution in [3.8, 4) is 0 Å². The first kappa shape index (κ1) is 15.6. The molecule has 1 aliphatic rings. The van der Waals surface area contributed by atoms with E-state index in [2.05, 4.69) is 41.4 Å². The molecule has 0 aliphatic carbocycles. The quantitative estimate of drug-likeness (QED) is 0.860. The van der Waals surface area contributed by atoms with E-state index in [9.17, 15) is 4.79 Å². The van der Waals surface area contributed by atoms with Gasteiger partial charge in [-0.15, -0.1) is 0 Å². The number of nitrogens with two attached hydrogens (primary N) is 1. The van der Waals surface area contributed by atoms with Gasteiger partial charge in [0.1, 0.15) is 6.04 Å². The summed E-state index contributed by atoms with van der Waals surface area (Å²) < 4.78 is 0. The largest absolute Gasteiger partial charge is 0.368 e. The fraction of sp³-hybridized carbons (Fsp3) is 0.316. The lowest BCUT2D eigenvalue weighted by Crippen LogP contribution is -2.43. The second kappa shape index (κ2) is 6.84. The molecule has 0 spiro atoms. The molecule has 4 heteroatoms. The summed E-state index contributed by atoms with van der Waals surface area (Å²) in [5.74, 6) is -0.342. The number of nitrogens with one attached hydrogen (secondary N) is 1. The predicted molar refractivity (Wildman–Crippen MR) is 93.3 cm³/mol. The Kier molecular flexibility index (Phi) is 4.63. The predicted octanol–water partition coefficient (Wildman–Crippen LogP) is 2.25. The van der Waals surface area contributed by atoms with Gasteiger partial charge in [-0.3, -0.25) is 4.79 Å². The van der Waals surface area contributed by atoms with Crippen LogP contribution in [0.3, 0.4) is 0 Å². The Morgan fingerprint density at radius 1 is 1.17 bits per heavy atom. The van der Waals surface area contributed by atoms with Crippen molar-refractivity contribution in [2.45, 2.75) is 25.4 Å². The molecule has 0 bridgehead atoms. The molecule has 2 aromatic carbocycles. The molecule has 120 valence electrons. The highest BCUT2D eigenvalue weighted by Crippen LogP contribution is 2.29. The molecule has 4 nitrogen and oxygen atoms in total. The summed E-state index contributed by atoms with van der Waals surface area (Å²) in [5.41, 5.74) is 9.18. The van der Waals surface area contributed by atoms with Crippen LogP contribution in [0.2, 0.25) is 0 Å². The van der Waals surface area contributed by atoms with Gasteiger partial charge in [0.05, 0.1) is 0 Å². The van der Waals surface area contributed by atoms with Crippen LogP contribution >= 0.6 is 0 Å². The maximum atomic E-state index is 11.8. The topological polar surface area (TPSA) is 58.4 Å². The molecule has 0 fully saturated rings. The van der Waals surface area contributed by atoms with Crippen molar-refractivity contribution in [1.82, 2.24) is 5.32 Å². The summed E-state index contributed by atoms with van der Waals surface area (Å²) in [5, 5.41) is 3.33. The van der Waals surface area contributed by atoms with E-state index in [-0.39, 0.29) is 5.91 Å². The van der Waals surface area contributed by atoms with Gasteiger partial charge in [-0.1, -0.05) is 48.5 Å². The molecule has 0 saturated heterocycles. The number of benzene rings is 2. The average Bonchev–Trinajstić information content (AvgIpc) is 2.99. The summed E-state index contributed by atoms with van der Waals surface area (Å²) in [4.78, 5) is 14.2. The Bertz CT molecular complexity index is 671. The number of amides is 1. The van der Waals surface area contributed by atoms with Crippen LogP contribution in [0.5, 0.6) is 0 Å². The van der Waals surface area contributed by atoms with E-state index in [0.29, 0.717) is 12.6 Å². The summed E-state index contributed by atoms with van der Waals surface area (Å²) in [7, 11) is 0. The van der Waals surface area contributed by atoms with Gasteiger partial charge in [0.25, 0.3) is 0 Å². The van der Waals surface area contributed by atoms with Gasteiger partial charge in [0.15, 0.2) is 0 Å². The lowest BCUT2D eigenvalue weighted by Gasteiger charge is -2.29. The summed E-state index contributed by atoms with van der Waals surface area (Å²) in [6.45, 7) is 3.91. The van der Waals surface area contributed by atoms with Crippen molar-refractivity contribution in [3.05, 3.63) is 65.7 Å². The maximum Gasteiger partial charge on any atom is 0.239 e. The monoisotopic (exact) mass is 309 g/mol. The molecule has 1 amide bonds. The first-order valence-electron chi connectivity index (χ1n) is 8.09. The fourth-order valence-corrected chi connectivity index (χ4v) is 3.25. The molecule has 2 atom stereocenters. The highest BCUT2D eigenvalue weighted by Gasteiger charge is 2.24. The number of para-hydroxylation sites is 1. The highest BCUT2D eigenvalue weighted by molar-refractivity contribution is 5.81. The van der Waals surface area contributed by atoms with Crippen molar-refractivity contribution in [2.24, 2.45) is 5.73 Å². The third-order valence-electron chi connectivity index (χ3n) is 4.49. The minimum absolute atomic E-state index is 0.296. The number of anilines is 1. The molecule has 2 aromatic rings. The number of nitrogens with zero attached hydrogens (tertiary/aromatic N) is 1. The molecule has 1 heterocycles. The zero-order valence-corrected chi connectivity index (χ0v) is 13.4. The van der Waals surface area contributed by atoms with Gasteiger partial charge in [-0.2, -0.15) is 0 Å². The van der Waals surface area contributed by atoms with Gasteiger partial charge < -0.3 is 16.0 Å². The van der Waals surface area contributed by atoms with Gasteiger partial charge >= 0.3 is 0 Å². The average molecular weight is 309 g/mol. The van der Waals surface area contributed by atoms with Crippen molar-refractivity contribution in [3.63, 3.8) is 0 Å². The van der Waals surface area contributed by atoms with Gasteiger partial charge in [-0.25, -0.2) is 0 Å². The molecule has 23 heavy (non-hydrogen) atoms. The van der Waals surface area contributed by atoms with Crippen molar-refractivity contribution in [1.29, 1.82) is 0 Å². The molecule has 3 rings (SSSR count). The van der Waals surface area contributed by atoms with E-state index < -0.39 is 6.04 Å². The normalized spacial score (nSPS) is 16.0. The third-order valence-corrected chi connectivity index (χ3v) is 4.49. The zero-order chi connectivity index (χ0) is 16.2. The fourth-order valence-electron chi connectivity index (χ4n) is 3.25. The van der Waals surface area contributed by atoms with Gasteiger partial charge in [0.2, 0.25) is 5.91 Å². The van der Waals surface area contributed by atoms with Crippen LogP contribution in [0.4, 0.5) is 5.69 Å². The number of carbonyl (C=O) groups excluding carboxylic acids is 1. The molecule has 1 aliphatic heterocycles. The lowest BCUT2D eigenvalue weighted by atomic mass is 10.1. The van der Waals surface area contributed by atoms with Crippen molar-refractivity contribution in [2.75, 3.05) is 18.0 Å². The third kappa shape index (κ3) is 3.37. The number of carbonyl (C=O) groups is 1. The van der Waals surface area contributed by atoms with Crippen LogP contribution < -0.4 is 16.0 Å². The standard InChI is InChI=1S/C19H23N3O/c1-14(22-12-11-15-7-5-6-10-17(15)22)13-21-18(19(20)23)16-8-3-2-4-9-16/h2-10,14,18,21H,11-13H2,1H3,(H2,20,23). The number of primary amides is 1. The SMILES string of the molecule is CC(CNC(C(N)=O)c1ccccc1)N1CCc2ccccc21. The van der Waals surface area contributed by atoms with Crippen LogP contribution in [0.15, 0.2) is 54.6 Å². The first-order chi connectivity index (χ1) is 11.2. The molecule has 0 radical (unpaired) electrons. The molecule has 3 N–H and O–H groups in total. The second-order valence-electron chi connectivity index (χ2n) is 6.08. The number of hydrogen-bond donors (Lipinski definition) is 2. The van der Waals surface area contributed by atoms with Crippen molar-refractivity contribution < 1.29 is 4.79 Å². The Hall–Kier alpha value is -2.33. The summed E-state index contributed by atoms with van der Waals surface area (Å²) in [6, 6.07) is 18.0. The minimum atomic E-state index is -0.448. The molecule has 0 aromatic heterocycles. The molecule has 0 saturated carbocycles. The van der Waals surface area contributed by atoms with E-state index in [0.717, 1.165) is 18.5 Å². The Balaban J connectivity index is 1.66. The van der Waals surface area contributed by atoms with Crippen LogP contribution in [0.25, 0.3) is 0 Å². The Morgan fingerprint density at radius 3 is 2.61 bits per heavy atom. The Morgan fingerprint density at radius 2 is 1.87 bits per heavy atom. The van der Waals surface area contributed by atoms with E-state index in [1.165, 1.54) is 11.3 Å². The van der Waals surface area contributed by atoms with Crippen LogP contribution in [0, 0.1) is 0 Å². The molecular formula is C19H23N3O. The van der Waals surface area contributed by atoms with Crippen LogP contribution in [-0.2, 0) is 11.2 Å².